The number of rotatable bonds is 4. The molecule has 0 aliphatic carbocycles. The summed E-state index contributed by atoms with van der Waals surface area (Å²) in [5, 5.41) is 17.0. The molecule has 2 aromatic rings. The number of H-pyrrole nitrogens is 1. The first kappa shape index (κ1) is 16.1. The highest BCUT2D eigenvalue weighted by molar-refractivity contribution is 5.96. The van der Waals surface area contributed by atoms with E-state index in [1.54, 1.807) is 4.90 Å². The zero-order chi connectivity index (χ0) is 17.1. The molecule has 24 heavy (non-hydrogen) atoms. The summed E-state index contributed by atoms with van der Waals surface area (Å²) in [6, 6.07) is 8.20. The molecule has 1 aliphatic rings. The molecule has 3 rings (SSSR count). The Bertz CT molecular complexity index is 750. The number of nitro groups is 1. The van der Waals surface area contributed by atoms with Crippen LogP contribution in [0.4, 0.5) is 5.69 Å². The van der Waals surface area contributed by atoms with Crippen LogP contribution < -0.4 is 5.73 Å². The molecule has 0 bridgehead atoms. The number of aromatic amines is 1. The van der Waals surface area contributed by atoms with Gasteiger partial charge in [-0.15, -0.1) is 0 Å². The number of carbonyl (C=O) groups is 1. The van der Waals surface area contributed by atoms with Crippen LogP contribution in [0.2, 0.25) is 0 Å². The zero-order valence-corrected chi connectivity index (χ0v) is 13.1. The van der Waals surface area contributed by atoms with Crippen LogP contribution in [0.5, 0.6) is 0 Å². The summed E-state index contributed by atoms with van der Waals surface area (Å²) >= 11 is 0. The minimum absolute atomic E-state index is 0.0522. The normalized spacial score (nSPS) is 15.5. The van der Waals surface area contributed by atoms with Crippen LogP contribution in [0.1, 0.15) is 40.4 Å². The third kappa shape index (κ3) is 3.13. The van der Waals surface area contributed by atoms with E-state index in [9.17, 15) is 14.9 Å². The van der Waals surface area contributed by atoms with Gasteiger partial charge in [0.15, 0.2) is 0 Å². The van der Waals surface area contributed by atoms with Gasteiger partial charge in [0.1, 0.15) is 6.20 Å². The summed E-state index contributed by atoms with van der Waals surface area (Å²) in [6.45, 7) is 1.63. The van der Waals surface area contributed by atoms with Crippen molar-refractivity contribution in [3.63, 3.8) is 0 Å². The highest BCUT2D eigenvalue weighted by atomic mass is 16.6. The lowest BCUT2D eigenvalue weighted by molar-refractivity contribution is -0.385. The first-order valence-electron chi connectivity index (χ1n) is 7.86. The van der Waals surface area contributed by atoms with Crippen LogP contribution in [0, 0.1) is 10.1 Å². The topological polar surface area (TPSA) is 118 Å². The second-order valence-corrected chi connectivity index (χ2v) is 5.90. The van der Waals surface area contributed by atoms with E-state index >= 15 is 0 Å². The van der Waals surface area contributed by atoms with Gasteiger partial charge in [-0.3, -0.25) is 20.0 Å². The summed E-state index contributed by atoms with van der Waals surface area (Å²) in [5.74, 6) is 0.00524. The second-order valence-electron chi connectivity index (χ2n) is 5.90. The van der Waals surface area contributed by atoms with Crippen molar-refractivity contribution in [2.75, 3.05) is 13.1 Å². The Morgan fingerprint density at radius 2 is 2.17 bits per heavy atom. The molecule has 8 heteroatoms. The molecule has 0 atom stereocenters. The monoisotopic (exact) mass is 329 g/mol. The molecule has 126 valence electrons. The number of hydrogen-bond acceptors (Lipinski definition) is 5. The van der Waals surface area contributed by atoms with Gasteiger partial charge in [-0.25, -0.2) is 0 Å². The fourth-order valence-corrected chi connectivity index (χ4v) is 3.12. The summed E-state index contributed by atoms with van der Waals surface area (Å²) < 4.78 is 0. The number of nitrogens with one attached hydrogen (secondary N) is 1. The Kier molecular flexibility index (Phi) is 4.57. The number of piperidine rings is 1. The van der Waals surface area contributed by atoms with Gasteiger partial charge in [0.25, 0.3) is 5.91 Å². The van der Waals surface area contributed by atoms with Crippen molar-refractivity contribution in [2.24, 2.45) is 5.73 Å². The Labute approximate surface area is 138 Å². The van der Waals surface area contributed by atoms with Crippen LogP contribution >= 0.6 is 0 Å². The maximum atomic E-state index is 12.5. The van der Waals surface area contributed by atoms with Gasteiger partial charge in [0, 0.05) is 19.6 Å². The molecule has 1 saturated heterocycles. The standard InChI is InChI=1S/C16H19N5O3/c17-9-11-2-1-3-13(8-11)12-4-6-20(7-5-12)16(22)15-14(21(23)24)10-18-19-15/h1-3,8,10,12H,4-7,9,17H2,(H,18,19). The largest absolute Gasteiger partial charge is 0.337 e. The fourth-order valence-electron chi connectivity index (χ4n) is 3.12. The van der Waals surface area contributed by atoms with Crippen LogP contribution in [0.25, 0.3) is 0 Å². The van der Waals surface area contributed by atoms with Crippen molar-refractivity contribution in [1.29, 1.82) is 0 Å². The molecule has 1 aromatic carbocycles. The third-order valence-electron chi connectivity index (χ3n) is 4.47. The predicted octanol–water partition coefficient (Wildman–Crippen LogP) is 1.80. The first-order chi connectivity index (χ1) is 11.6. The average Bonchev–Trinajstić information content (AvgIpc) is 3.11. The lowest BCUT2D eigenvalue weighted by atomic mass is 9.88. The molecule has 0 saturated carbocycles. The minimum Gasteiger partial charge on any atom is -0.337 e. The van der Waals surface area contributed by atoms with Gasteiger partial charge >= 0.3 is 5.69 Å². The number of likely N-dealkylation sites (tertiary alicyclic amines) is 1. The lowest BCUT2D eigenvalue weighted by Gasteiger charge is -2.32. The fraction of sp³-hybridized carbons (Fsp3) is 0.375. The van der Waals surface area contributed by atoms with Gasteiger partial charge in [-0.1, -0.05) is 24.3 Å². The molecular formula is C16H19N5O3. The quantitative estimate of drug-likeness (QED) is 0.655. The first-order valence-corrected chi connectivity index (χ1v) is 7.86. The molecule has 1 aromatic heterocycles. The highest BCUT2D eigenvalue weighted by Gasteiger charge is 2.30. The second kappa shape index (κ2) is 6.79. The Hall–Kier alpha value is -2.74. The molecule has 2 heterocycles. The maximum absolute atomic E-state index is 12.5. The van der Waals surface area contributed by atoms with Gasteiger partial charge in [-0.05, 0) is 29.9 Å². The van der Waals surface area contributed by atoms with Crippen LogP contribution in [0.15, 0.2) is 30.5 Å². The number of nitrogens with two attached hydrogens (primary N) is 1. The predicted molar refractivity (Wildman–Crippen MR) is 87.5 cm³/mol. The molecule has 0 spiro atoms. The number of amides is 1. The summed E-state index contributed by atoms with van der Waals surface area (Å²) in [7, 11) is 0. The van der Waals surface area contributed by atoms with Crippen molar-refractivity contribution in [2.45, 2.75) is 25.3 Å². The van der Waals surface area contributed by atoms with Crippen molar-refractivity contribution < 1.29 is 9.72 Å². The molecule has 1 aliphatic heterocycles. The molecule has 0 unspecified atom stereocenters. The molecule has 1 fully saturated rings. The van der Waals surface area contributed by atoms with E-state index in [1.807, 2.05) is 12.1 Å². The van der Waals surface area contributed by atoms with E-state index in [4.69, 9.17) is 5.73 Å². The molecule has 1 amide bonds. The SMILES string of the molecule is NCc1cccc(C2CCN(C(=O)c3[nH]ncc3[N+](=O)[O-])CC2)c1. The average molecular weight is 329 g/mol. The Balaban J connectivity index is 1.67. The Morgan fingerprint density at radius 1 is 1.42 bits per heavy atom. The van der Waals surface area contributed by atoms with Crippen LogP contribution in [-0.2, 0) is 6.54 Å². The van der Waals surface area contributed by atoms with E-state index in [0.29, 0.717) is 25.6 Å². The van der Waals surface area contributed by atoms with Gasteiger partial charge in [0.2, 0.25) is 5.69 Å². The molecule has 3 N–H and O–H groups in total. The molecule has 8 nitrogen and oxygen atoms in total. The number of carbonyl (C=O) groups excluding carboxylic acids is 1. The maximum Gasteiger partial charge on any atom is 0.319 e. The van der Waals surface area contributed by atoms with Crippen molar-refractivity contribution in [1.82, 2.24) is 15.1 Å². The summed E-state index contributed by atoms with van der Waals surface area (Å²) in [5.41, 5.74) is 7.68. The smallest absolute Gasteiger partial charge is 0.319 e. The highest BCUT2D eigenvalue weighted by Crippen LogP contribution is 2.29. The van der Waals surface area contributed by atoms with Crippen LogP contribution in [-0.4, -0.2) is 39.0 Å². The lowest BCUT2D eigenvalue weighted by Crippen LogP contribution is -2.38. The van der Waals surface area contributed by atoms with Gasteiger partial charge < -0.3 is 10.6 Å². The van der Waals surface area contributed by atoms with Gasteiger partial charge in [-0.2, -0.15) is 5.10 Å². The zero-order valence-electron chi connectivity index (χ0n) is 13.1. The van der Waals surface area contributed by atoms with Gasteiger partial charge in [0.05, 0.1) is 4.92 Å². The Morgan fingerprint density at radius 3 is 2.83 bits per heavy atom. The van der Waals surface area contributed by atoms with E-state index in [1.165, 1.54) is 5.56 Å². The number of aromatic nitrogens is 2. The van der Waals surface area contributed by atoms with Crippen molar-refractivity contribution in [3.8, 4) is 0 Å². The number of benzene rings is 1. The van der Waals surface area contributed by atoms with Crippen molar-refractivity contribution in [3.05, 3.63) is 57.4 Å². The summed E-state index contributed by atoms with van der Waals surface area (Å²) in [4.78, 5) is 24.4. The number of nitrogens with zero attached hydrogens (tertiary/aromatic N) is 3. The minimum atomic E-state index is -0.595. The number of hydrogen-bond donors (Lipinski definition) is 2. The third-order valence-corrected chi connectivity index (χ3v) is 4.47. The summed E-state index contributed by atoms with van der Waals surface area (Å²) in [6.07, 6.45) is 2.71. The van der Waals surface area contributed by atoms with E-state index in [2.05, 4.69) is 22.3 Å². The van der Waals surface area contributed by atoms with Crippen LogP contribution in [0.3, 0.4) is 0 Å². The van der Waals surface area contributed by atoms with E-state index in [0.717, 1.165) is 24.6 Å². The van der Waals surface area contributed by atoms with E-state index < -0.39 is 4.92 Å². The van der Waals surface area contributed by atoms with Crippen molar-refractivity contribution >= 4 is 11.6 Å². The molecular weight excluding hydrogens is 310 g/mol. The van der Waals surface area contributed by atoms with E-state index in [-0.39, 0.29) is 17.3 Å². The molecule has 0 radical (unpaired) electrons.